The SMILES string of the molecule is CS(=O)(=O)c1ccc(C(=O)Nc2ccc(O)cc2)cc1. The van der Waals surface area contributed by atoms with Crippen molar-refractivity contribution in [2.24, 2.45) is 0 Å². The van der Waals surface area contributed by atoms with Gasteiger partial charge in [0.05, 0.1) is 4.90 Å². The first kappa shape index (κ1) is 14.1. The number of rotatable bonds is 3. The smallest absolute Gasteiger partial charge is 0.255 e. The number of anilines is 1. The molecule has 2 rings (SSSR count). The summed E-state index contributed by atoms with van der Waals surface area (Å²) in [5.41, 5.74) is 0.894. The van der Waals surface area contributed by atoms with Gasteiger partial charge in [-0.25, -0.2) is 8.42 Å². The number of aromatic hydroxyl groups is 1. The Morgan fingerprint density at radius 2 is 1.55 bits per heavy atom. The largest absolute Gasteiger partial charge is 0.508 e. The van der Waals surface area contributed by atoms with Crippen molar-refractivity contribution in [1.29, 1.82) is 0 Å². The molecule has 0 aliphatic heterocycles. The first-order chi connectivity index (χ1) is 9.36. The molecule has 20 heavy (non-hydrogen) atoms. The predicted octanol–water partition coefficient (Wildman–Crippen LogP) is 2.05. The zero-order valence-corrected chi connectivity index (χ0v) is 11.5. The molecule has 1 amide bonds. The predicted molar refractivity (Wildman–Crippen MR) is 75.6 cm³/mol. The number of hydrogen-bond donors (Lipinski definition) is 2. The van der Waals surface area contributed by atoms with Crippen LogP contribution in [0.3, 0.4) is 0 Å². The molecule has 0 heterocycles. The van der Waals surface area contributed by atoms with Crippen LogP contribution in [0, 0.1) is 0 Å². The molecule has 0 spiro atoms. The second kappa shape index (κ2) is 5.34. The Balaban J connectivity index is 2.15. The van der Waals surface area contributed by atoms with Gasteiger partial charge in [-0.15, -0.1) is 0 Å². The summed E-state index contributed by atoms with van der Waals surface area (Å²) in [5, 5.41) is 11.8. The second-order valence-electron chi connectivity index (χ2n) is 4.30. The molecule has 6 heteroatoms. The molecule has 104 valence electrons. The summed E-state index contributed by atoms with van der Waals surface area (Å²) in [7, 11) is -3.27. The minimum atomic E-state index is -3.27. The van der Waals surface area contributed by atoms with Crippen LogP contribution in [0.4, 0.5) is 5.69 Å². The van der Waals surface area contributed by atoms with E-state index in [9.17, 15) is 13.2 Å². The molecule has 2 N–H and O–H groups in total. The van der Waals surface area contributed by atoms with E-state index >= 15 is 0 Å². The number of carbonyl (C=O) groups excluding carboxylic acids is 1. The maximum Gasteiger partial charge on any atom is 0.255 e. The molecule has 0 aliphatic carbocycles. The van der Waals surface area contributed by atoms with E-state index in [1.807, 2.05) is 0 Å². The summed E-state index contributed by atoms with van der Waals surface area (Å²) in [6, 6.07) is 11.7. The summed E-state index contributed by atoms with van der Waals surface area (Å²) in [4.78, 5) is 12.1. The fraction of sp³-hybridized carbons (Fsp3) is 0.0714. The van der Waals surface area contributed by atoms with Gasteiger partial charge in [0.1, 0.15) is 5.75 Å². The zero-order valence-electron chi connectivity index (χ0n) is 10.7. The average molecular weight is 291 g/mol. The van der Waals surface area contributed by atoms with Crippen molar-refractivity contribution in [3.05, 3.63) is 54.1 Å². The Kier molecular flexibility index (Phi) is 3.76. The van der Waals surface area contributed by atoms with Crippen LogP contribution in [-0.2, 0) is 9.84 Å². The number of nitrogens with one attached hydrogen (secondary N) is 1. The van der Waals surface area contributed by atoms with Crippen molar-refractivity contribution < 1.29 is 18.3 Å². The minimum absolute atomic E-state index is 0.112. The van der Waals surface area contributed by atoms with Crippen LogP contribution < -0.4 is 5.32 Å². The highest BCUT2D eigenvalue weighted by atomic mass is 32.2. The molecular weight excluding hydrogens is 278 g/mol. The Morgan fingerprint density at radius 1 is 1.00 bits per heavy atom. The first-order valence-corrected chi connectivity index (χ1v) is 7.66. The molecule has 0 saturated carbocycles. The lowest BCUT2D eigenvalue weighted by Gasteiger charge is -2.06. The van der Waals surface area contributed by atoms with E-state index in [0.29, 0.717) is 11.3 Å². The number of hydrogen-bond acceptors (Lipinski definition) is 4. The quantitative estimate of drug-likeness (QED) is 0.848. The number of benzene rings is 2. The van der Waals surface area contributed by atoms with Gasteiger partial charge in [-0.1, -0.05) is 0 Å². The highest BCUT2D eigenvalue weighted by molar-refractivity contribution is 7.90. The van der Waals surface area contributed by atoms with E-state index in [1.165, 1.54) is 36.4 Å². The third-order valence-corrected chi connectivity index (χ3v) is 3.80. The summed E-state index contributed by atoms with van der Waals surface area (Å²) in [6.07, 6.45) is 1.11. The number of sulfone groups is 1. The maximum atomic E-state index is 11.9. The van der Waals surface area contributed by atoms with E-state index in [2.05, 4.69) is 5.32 Å². The third-order valence-electron chi connectivity index (χ3n) is 2.67. The van der Waals surface area contributed by atoms with Crippen molar-refractivity contribution in [1.82, 2.24) is 0 Å². The van der Waals surface area contributed by atoms with Crippen LogP contribution in [0.1, 0.15) is 10.4 Å². The lowest BCUT2D eigenvalue weighted by Crippen LogP contribution is -2.11. The van der Waals surface area contributed by atoms with Gasteiger partial charge in [-0.3, -0.25) is 4.79 Å². The van der Waals surface area contributed by atoms with Crippen LogP contribution >= 0.6 is 0 Å². The molecule has 2 aromatic rings. The number of carbonyl (C=O) groups is 1. The Bertz CT molecular complexity index is 719. The summed E-state index contributed by atoms with van der Waals surface area (Å²) < 4.78 is 22.6. The van der Waals surface area contributed by atoms with Crippen molar-refractivity contribution in [2.75, 3.05) is 11.6 Å². The summed E-state index contributed by atoms with van der Waals surface area (Å²) in [6.45, 7) is 0. The van der Waals surface area contributed by atoms with E-state index < -0.39 is 9.84 Å². The van der Waals surface area contributed by atoms with Crippen LogP contribution in [0.2, 0.25) is 0 Å². The average Bonchev–Trinajstić information content (AvgIpc) is 2.40. The molecule has 0 aliphatic rings. The first-order valence-electron chi connectivity index (χ1n) is 5.77. The van der Waals surface area contributed by atoms with Crippen molar-refractivity contribution in [3.63, 3.8) is 0 Å². The van der Waals surface area contributed by atoms with Gasteiger partial charge in [-0.2, -0.15) is 0 Å². The van der Waals surface area contributed by atoms with Crippen molar-refractivity contribution in [2.45, 2.75) is 4.90 Å². The van der Waals surface area contributed by atoms with Crippen LogP contribution in [0.15, 0.2) is 53.4 Å². The fourth-order valence-electron chi connectivity index (χ4n) is 1.60. The van der Waals surface area contributed by atoms with E-state index in [1.54, 1.807) is 12.1 Å². The normalized spacial score (nSPS) is 11.1. The van der Waals surface area contributed by atoms with Gasteiger partial charge in [-0.05, 0) is 48.5 Å². The Hall–Kier alpha value is -2.34. The number of phenols is 1. The molecule has 0 fully saturated rings. The van der Waals surface area contributed by atoms with Gasteiger partial charge in [0.2, 0.25) is 0 Å². The number of phenolic OH excluding ortho intramolecular Hbond substituents is 1. The lowest BCUT2D eigenvalue weighted by molar-refractivity contribution is 0.102. The van der Waals surface area contributed by atoms with Crippen LogP contribution in [0.5, 0.6) is 5.75 Å². The molecule has 0 atom stereocenters. The Labute approximate surface area is 116 Å². The van der Waals surface area contributed by atoms with Gasteiger partial charge in [0.15, 0.2) is 9.84 Å². The summed E-state index contributed by atoms with van der Waals surface area (Å²) in [5.74, 6) is -0.240. The molecule has 0 unspecified atom stereocenters. The highest BCUT2D eigenvalue weighted by Gasteiger charge is 2.10. The molecule has 0 radical (unpaired) electrons. The van der Waals surface area contributed by atoms with Crippen LogP contribution in [-0.4, -0.2) is 25.7 Å². The molecule has 0 aromatic heterocycles. The van der Waals surface area contributed by atoms with Crippen molar-refractivity contribution >= 4 is 21.4 Å². The molecule has 0 bridgehead atoms. The topological polar surface area (TPSA) is 83.5 Å². The third kappa shape index (κ3) is 3.36. The second-order valence-corrected chi connectivity index (χ2v) is 6.31. The molecule has 5 nitrogen and oxygen atoms in total. The zero-order chi connectivity index (χ0) is 14.8. The van der Waals surface area contributed by atoms with Gasteiger partial charge >= 0.3 is 0 Å². The van der Waals surface area contributed by atoms with Crippen LogP contribution in [0.25, 0.3) is 0 Å². The van der Waals surface area contributed by atoms with Gasteiger partial charge in [0, 0.05) is 17.5 Å². The standard InChI is InChI=1S/C14H13NO4S/c1-20(18,19)13-8-2-10(3-9-13)14(17)15-11-4-6-12(16)7-5-11/h2-9,16H,1H3,(H,15,17). The van der Waals surface area contributed by atoms with Crippen molar-refractivity contribution in [3.8, 4) is 5.75 Å². The minimum Gasteiger partial charge on any atom is -0.508 e. The molecule has 0 saturated heterocycles. The molecule has 2 aromatic carbocycles. The monoisotopic (exact) mass is 291 g/mol. The van der Waals surface area contributed by atoms with E-state index in [-0.39, 0.29) is 16.6 Å². The number of amides is 1. The molecular formula is C14H13NO4S. The fourth-order valence-corrected chi connectivity index (χ4v) is 2.23. The lowest BCUT2D eigenvalue weighted by atomic mass is 10.2. The van der Waals surface area contributed by atoms with Gasteiger partial charge < -0.3 is 10.4 Å². The Morgan fingerprint density at radius 3 is 2.05 bits per heavy atom. The van der Waals surface area contributed by atoms with E-state index in [0.717, 1.165) is 6.26 Å². The van der Waals surface area contributed by atoms with E-state index in [4.69, 9.17) is 5.11 Å². The summed E-state index contributed by atoms with van der Waals surface area (Å²) >= 11 is 0. The highest BCUT2D eigenvalue weighted by Crippen LogP contribution is 2.16. The maximum absolute atomic E-state index is 11.9. The van der Waals surface area contributed by atoms with Gasteiger partial charge in [0.25, 0.3) is 5.91 Å².